The van der Waals surface area contributed by atoms with Crippen molar-refractivity contribution in [3.05, 3.63) is 47.0 Å². The lowest BCUT2D eigenvalue weighted by molar-refractivity contribution is -0.114. The van der Waals surface area contributed by atoms with Gasteiger partial charge in [0.1, 0.15) is 0 Å². The molecular formula is C15H19ClO. The topological polar surface area (TPSA) is 17.1 Å². The van der Waals surface area contributed by atoms with E-state index >= 15 is 0 Å². The fourth-order valence-electron chi connectivity index (χ4n) is 1.64. The van der Waals surface area contributed by atoms with Crippen molar-refractivity contribution >= 4 is 17.4 Å². The average Bonchev–Trinajstić information content (AvgIpc) is 2.30. The number of allylic oxidation sites excluding steroid dienone is 2. The Morgan fingerprint density at radius 1 is 1.24 bits per heavy atom. The summed E-state index contributed by atoms with van der Waals surface area (Å²) in [4.78, 5) is 11.7. The Morgan fingerprint density at radius 2 is 1.94 bits per heavy atom. The van der Waals surface area contributed by atoms with Crippen LogP contribution in [-0.4, -0.2) is 5.78 Å². The molecule has 0 unspecified atom stereocenters. The van der Waals surface area contributed by atoms with Crippen LogP contribution in [0.5, 0.6) is 0 Å². The highest BCUT2D eigenvalue weighted by Gasteiger charge is 2.02. The zero-order valence-corrected chi connectivity index (χ0v) is 11.0. The molecule has 1 aromatic rings. The molecule has 0 N–H and O–H groups in total. The van der Waals surface area contributed by atoms with Gasteiger partial charge in [-0.25, -0.2) is 0 Å². The minimum atomic E-state index is 0.0812. The lowest BCUT2D eigenvalue weighted by Crippen LogP contribution is -1.99. The molecule has 0 amide bonds. The van der Waals surface area contributed by atoms with Gasteiger partial charge in [-0.1, -0.05) is 61.7 Å². The van der Waals surface area contributed by atoms with E-state index in [1.807, 2.05) is 30.3 Å². The maximum atomic E-state index is 11.7. The van der Waals surface area contributed by atoms with Gasteiger partial charge in [-0.15, -0.1) is 0 Å². The summed E-state index contributed by atoms with van der Waals surface area (Å²) in [6, 6.07) is 9.74. The molecule has 2 heteroatoms. The van der Waals surface area contributed by atoms with Crippen molar-refractivity contribution in [3.8, 4) is 0 Å². The molecule has 0 bridgehead atoms. The Balaban J connectivity index is 2.40. The van der Waals surface area contributed by atoms with Gasteiger partial charge in [-0.05, 0) is 24.5 Å². The van der Waals surface area contributed by atoms with Gasteiger partial charge in [0.15, 0.2) is 5.78 Å². The van der Waals surface area contributed by atoms with E-state index in [-0.39, 0.29) is 5.78 Å². The Labute approximate surface area is 108 Å². The van der Waals surface area contributed by atoms with Crippen LogP contribution >= 0.6 is 11.6 Å². The molecule has 0 aliphatic rings. The Kier molecular flexibility index (Phi) is 6.64. The minimum Gasteiger partial charge on any atom is -0.294 e. The first kappa shape index (κ1) is 14.0. The van der Waals surface area contributed by atoms with Gasteiger partial charge in [-0.2, -0.15) is 0 Å². The number of hydrogen-bond donors (Lipinski definition) is 0. The van der Waals surface area contributed by atoms with E-state index in [0.29, 0.717) is 11.5 Å². The zero-order chi connectivity index (χ0) is 12.5. The molecule has 1 nitrogen and oxygen atoms in total. The molecule has 0 aromatic heterocycles. The van der Waals surface area contributed by atoms with E-state index in [2.05, 4.69) is 6.92 Å². The number of unbranched alkanes of at least 4 members (excludes halogenated alkanes) is 2. The number of halogens is 1. The Hall–Kier alpha value is -1.08. The van der Waals surface area contributed by atoms with Crippen molar-refractivity contribution in [1.82, 2.24) is 0 Å². The van der Waals surface area contributed by atoms with Crippen molar-refractivity contribution < 1.29 is 4.79 Å². The lowest BCUT2D eigenvalue weighted by Gasteiger charge is -1.99. The van der Waals surface area contributed by atoms with Crippen molar-refractivity contribution in [2.75, 3.05) is 0 Å². The molecule has 0 saturated carbocycles. The van der Waals surface area contributed by atoms with Gasteiger partial charge in [-0.3, -0.25) is 4.79 Å². The molecule has 1 rings (SSSR count). The third-order valence-corrected chi connectivity index (χ3v) is 2.86. The highest BCUT2D eigenvalue weighted by Crippen LogP contribution is 2.13. The Bertz CT molecular complexity index is 368. The molecule has 0 radical (unpaired) electrons. The summed E-state index contributed by atoms with van der Waals surface area (Å²) in [7, 11) is 0. The molecule has 0 atom stereocenters. The van der Waals surface area contributed by atoms with Gasteiger partial charge in [0.05, 0.1) is 0 Å². The zero-order valence-electron chi connectivity index (χ0n) is 10.3. The number of rotatable bonds is 7. The van der Waals surface area contributed by atoms with Crippen LogP contribution in [0.3, 0.4) is 0 Å². The highest BCUT2D eigenvalue weighted by molar-refractivity contribution is 6.31. The summed E-state index contributed by atoms with van der Waals surface area (Å²) in [6.45, 7) is 2.15. The van der Waals surface area contributed by atoms with Crippen LogP contribution in [0.2, 0.25) is 0 Å². The van der Waals surface area contributed by atoms with E-state index < -0.39 is 0 Å². The largest absolute Gasteiger partial charge is 0.294 e. The molecule has 92 valence electrons. The summed E-state index contributed by atoms with van der Waals surface area (Å²) in [5.74, 6) is 0.0812. The third kappa shape index (κ3) is 6.28. The lowest BCUT2D eigenvalue weighted by atomic mass is 10.1. The predicted octanol–water partition coefficient (Wildman–Crippen LogP) is 4.50. The molecule has 0 aliphatic heterocycles. The molecule has 17 heavy (non-hydrogen) atoms. The van der Waals surface area contributed by atoms with E-state index in [1.54, 1.807) is 6.08 Å². The number of benzene rings is 1. The molecule has 1 aromatic carbocycles. The molecule has 0 spiro atoms. The third-order valence-electron chi connectivity index (χ3n) is 2.56. The van der Waals surface area contributed by atoms with Crippen LogP contribution in [0.4, 0.5) is 0 Å². The van der Waals surface area contributed by atoms with E-state index in [1.165, 1.54) is 6.42 Å². The standard InChI is InChI=1S/C15H19ClO/c1-2-3-5-10-14(16)12-15(17)11-13-8-6-4-7-9-13/h4,6-9,12H,2-3,5,10-11H2,1H3/b14-12+. The fourth-order valence-corrected chi connectivity index (χ4v) is 1.89. The quantitative estimate of drug-likeness (QED) is 0.514. The number of hydrogen-bond acceptors (Lipinski definition) is 1. The second kappa shape index (κ2) is 8.08. The second-order valence-corrected chi connectivity index (χ2v) is 4.66. The fraction of sp³-hybridized carbons (Fsp3) is 0.400. The highest BCUT2D eigenvalue weighted by atomic mass is 35.5. The summed E-state index contributed by atoms with van der Waals surface area (Å²) < 4.78 is 0. The molecule has 0 aliphatic carbocycles. The van der Waals surface area contributed by atoms with E-state index in [9.17, 15) is 4.79 Å². The normalized spacial score (nSPS) is 11.5. The predicted molar refractivity (Wildman–Crippen MR) is 73.2 cm³/mol. The van der Waals surface area contributed by atoms with E-state index in [0.717, 1.165) is 24.8 Å². The van der Waals surface area contributed by atoms with Crippen LogP contribution in [0.15, 0.2) is 41.4 Å². The molecule has 0 saturated heterocycles. The van der Waals surface area contributed by atoms with Gasteiger partial charge in [0, 0.05) is 11.5 Å². The molecular weight excluding hydrogens is 232 g/mol. The second-order valence-electron chi connectivity index (χ2n) is 4.18. The number of ketones is 1. The van der Waals surface area contributed by atoms with Crippen molar-refractivity contribution in [2.24, 2.45) is 0 Å². The summed E-state index contributed by atoms with van der Waals surface area (Å²) in [5.41, 5.74) is 1.03. The van der Waals surface area contributed by atoms with E-state index in [4.69, 9.17) is 11.6 Å². The number of carbonyl (C=O) groups is 1. The monoisotopic (exact) mass is 250 g/mol. The van der Waals surface area contributed by atoms with Gasteiger partial charge in [0.25, 0.3) is 0 Å². The van der Waals surface area contributed by atoms with Crippen LogP contribution < -0.4 is 0 Å². The summed E-state index contributed by atoms with van der Waals surface area (Å²) in [5, 5.41) is 0.680. The summed E-state index contributed by atoms with van der Waals surface area (Å²) in [6.07, 6.45) is 6.22. The number of carbonyl (C=O) groups excluding carboxylic acids is 1. The Morgan fingerprint density at radius 3 is 2.59 bits per heavy atom. The summed E-state index contributed by atoms with van der Waals surface area (Å²) >= 11 is 6.02. The first-order valence-corrected chi connectivity index (χ1v) is 6.53. The first-order valence-electron chi connectivity index (χ1n) is 6.15. The SMILES string of the molecule is CCCCC/C(Cl)=C\C(=O)Cc1ccccc1. The molecule has 0 fully saturated rings. The average molecular weight is 251 g/mol. The first-order chi connectivity index (χ1) is 8.22. The van der Waals surface area contributed by atoms with Gasteiger partial charge in [0.2, 0.25) is 0 Å². The van der Waals surface area contributed by atoms with Crippen LogP contribution in [0.25, 0.3) is 0 Å². The van der Waals surface area contributed by atoms with Crippen molar-refractivity contribution in [2.45, 2.75) is 39.0 Å². The smallest absolute Gasteiger partial charge is 0.161 e. The maximum absolute atomic E-state index is 11.7. The van der Waals surface area contributed by atoms with Crippen molar-refractivity contribution in [3.63, 3.8) is 0 Å². The molecule has 0 heterocycles. The van der Waals surface area contributed by atoms with Gasteiger partial charge >= 0.3 is 0 Å². The maximum Gasteiger partial charge on any atom is 0.161 e. The van der Waals surface area contributed by atoms with Gasteiger partial charge < -0.3 is 0 Å². The van der Waals surface area contributed by atoms with Crippen LogP contribution in [0, 0.1) is 0 Å². The van der Waals surface area contributed by atoms with Crippen LogP contribution in [-0.2, 0) is 11.2 Å². The van der Waals surface area contributed by atoms with Crippen molar-refractivity contribution in [1.29, 1.82) is 0 Å². The minimum absolute atomic E-state index is 0.0812. The van der Waals surface area contributed by atoms with Crippen LogP contribution in [0.1, 0.15) is 38.2 Å².